The molecule has 0 unspecified atom stereocenters. The van der Waals surface area contributed by atoms with Crippen molar-refractivity contribution < 1.29 is 4.39 Å². The monoisotopic (exact) mass is 374 g/mol. The lowest BCUT2D eigenvalue weighted by Crippen LogP contribution is -2.00. The van der Waals surface area contributed by atoms with Crippen LogP contribution in [0.5, 0.6) is 0 Å². The molecule has 7 heteroatoms. The third kappa shape index (κ3) is 1.85. The molecule has 1 aromatic carbocycles. The van der Waals surface area contributed by atoms with Gasteiger partial charge in [0.1, 0.15) is 17.3 Å². The maximum absolute atomic E-state index is 13.1. The van der Waals surface area contributed by atoms with Gasteiger partial charge >= 0.3 is 0 Å². The van der Waals surface area contributed by atoms with E-state index >= 15 is 0 Å². The minimum absolute atomic E-state index is 0.285. The molecule has 0 radical (unpaired) electrons. The van der Waals surface area contributed by atoms with E-state index in [1.165, 1.54) is 18.5 Å². The first-order chi connectivity index (χ1) is 8.66. The van der Waals surface area contributed by atoms with Crippen molar-refractivity contribution in [3.63, 3.8) is 0 Å². The summed E-state index contributed by atoms with van der Waals surface area (Å²) in [6.07, 6.45) is 2.97. The van der Waals surface area contributed by atoms with Crippen LogP contribution in [0.1, 0.15) is 0 Å². The summed E-state index contributed by atoms with van der Waals surface area (Å²) in [5, 5.41) is 5.24. The molecule has 0 saturated carbocycles. The summed E-state index contributed by atoms with van der Waals surface area (Å²) in [4.78, 5) is 8.04. The van der Waals surface area contributed by atoms with Crippen LogP contribution >= 0.6 is 34.2 Å². The second-order valence-electron chi connectivity index (χ2n) is 3.55. The lowest BCUT2D eigenvalue weighted by atomic mass is 10.3. The first kappa shape index (κ1) is 11.8. The largest absolute Gasteiger partial charge is 0.224 e. The second kappa shape index (κ2) is 4.43. The van der Waals surface area contributed by atoms with Crippen LogP contribution in [-0.4, -0.2) is 19.7 Å². The van der Waals surface area contributed by atoms with Gasteiger partial charge in [-0.3, -0.25) is 0 Å². The first-order valence-electron chi connectivity index (χ1n) is 4.96. The fourth-order valence-electron chi connectivity index (χ4n) is 1.64. The van der Waals surface area contributed by atoms with E-state index < -0.39 is 0 Å². The Balaban J connectivity index is 2.29. The number of rotatable bonds is 1. The van der Waals surface area contributed by atoms with Crippen molar-refractivity contribution in [1.29, 1.82) is 0 Å². The van der Waals surface area contributed by atoms with Gasteiger partial charge in [-0.25, -0.2) is 19.0 Å². The third-order valence-corrected chi connectivity index (χ3v) is 3.62. The molecule has 0 aliphatic carbocycles. The van der Waals surface area contributed by atoms with Gasteiger partial charge in [0.15, 0.2) is 5.65 Å². The molecule has 3 rings (SSSR count). The smallest absolute Gasteiger partial charge is 0.167 e. The molecule has 0 atom stereocenters. The van der Waals surface area contributed by atoms with E-state index in [1.807, 2.05) is 0 Å². The summed E-state index contributed by atoms with van der Waals surface area (Å²) in [5.74, 6) is -0.285. The van der Waals surface area contributed by atoms with Crippen LogP contribution in [0.15, 0.2) is 30.7 Å². The van der Waals surface area contributed by atoms with Gasteiger partial charge in [-0.2, -0.15) is 5.10 Å². The van der Waals surface area contributed by atoms with Gasteiger partial charge in [0, 0.05) is 3.57 Å². The zero-order valence-corrected chi connectivity index (χ0v) is 11.7. The van der Waals surface area contributed by atoms with Crippen LogP contribution in [0.3, 0.4) is 0 Å². The Bertz CT molecular complexity index is 743. The molecule has 2 aromatic heterocycles. The Morgan fingerprint density at radius 1 is 1.28 bits per heavy atom. The van der Waals surface area contributed by atoms with E-state index in [4.69, 9.17) is 11.6 Å². The molecule has 0 saturated heterocycles. The number of benzene rings is 1. The van der Waals surface area contributed by atoms with Crippen molar-refractivity contribution in [2.45, 2.75) is 0 Å². The molecule has 0 aliphatic heterocycles. The summed E-state index contributed by atoms with van der Waals surface area (Å²) in [6.45, 7) is 0. The van der Waals surface area contributed by atoms with Gasteiger partial charge in [-0.15, -0.1) is 0 Å². The highest BCUT2D eigenvalue weighted by molar-refractivity contribution is 14.1. The third-order valence-electron chi connectivity index (χ3n) is 2.46. The first-order valence-corrected chi connectivity index (χ1v) is 6.42. The van der Waals surface area contributed by atoms with Crippen molar-refractivity contribution in [1.82, 2.24) is 19.7 Å². The summed E-state index contributed by atoms with van der Waals surface area (Å²) in [7, 11) is 0. The standard InChI is InChI=1S/C11H5ClFIN4/c12-10-7-4-17-18(11(7)16-5-15-10)9-2-1-6(13)3-8(9)14/h1-5H. The van der Waals surface area contributed by atoms with Crippen molar-refractivity contribution in [3.05, 3.63) is 45.3 Å². The normalized spacial score (nSPS) is 11.1. The zero-order chi connectivity index (χ0) is 12.7. The predicted molar refractivity (Wildman–Crippen MR) is 74.3 cm³/mol. The summed E-state index contributed by atoms with van der Waals surface area (Å²) >= 11 is 8.01. The van der Waals surface area contributed by atoms with E-state index in [-0.39, 0.29) is 5.82 Å². The number of fused-ring (bicyclic) bond motifs is 1. The minimum atomic E-state index is -0.285. The Morgan fingerprint density at radius 3 is 2.89 bits per heavy atom. The molecule has 0 amide bonds. The maximum atomic E-state index is 13.1. The lowest BCUT2D eigenvalue weighted by Gasteiger charge is -2.05. The molecule has 0 bridgehead atoms. The molecule has 2 heterocycles. The number of hydrogen-bond donors (Lipinski definition) is 0. The molecule has 0 fully saturated rings. The van der Waals surface area contributed by atoms with E-state index in [1.54, 1.807) is 16.9 Å². The summed E-state index contributed by atoms with van der Waals surface area (Å²) < 4.78 is 15.4. The fraction of sp³-hybridized carbons (Fsp3) is 0. The van der Waals surface area contributed by atoms with Crippen molar-refractivity contribution in [2.75, 3.05) is 0 Å². The molecular weight excluding hydrogens is 370 g/mol. The Kier molecular flexibility index (Phi) is 2.90. The lowest BCUT2D eigenvalue weighted by molar-refractivity contribution is 0.626. The predicted octanol–water partition coefficient (Wildman–Crippen LogP) is 3.21. The molecule has 4 nitrogen and oxygen atoms in total. The van der Waals surface area contributed by atoms with Crippen LogP contribution in [0.2, 0.25) is 5.15 Å². The van der Waals surface area contributed by atoms with E-state index in [0.29, 0.717) is 16.2 Å². The van der Waals surface area contributed by atoms with Gasteiger partial charge < -0.3 is 0 Å². The topological polar surface area (TPSA) is 43.6 Å². The SMILES string of the molecule is Fc1ccc(-n2ncc3c(Cl)ncnc32)c(I)c1. The second-order valence-corrected chi connectivity index (χ2v) is 5.07. The highest BCUT2D eigenvalue weighted by Crippen LogP contribution is 2.24. The van der Waals surface area contributed by atoms with Gasteiger partial charge in [0.05, 0.1) is 17.3 Å². The van der Waals surface area contributed by atoms with Gasteiger partial charge in [0.2, 0.25) is 0 Å². The highest BCUT2D eigenvalue weighted by atomic mass is 127. The van der Waals surface area contributed by atoms with Gasteiger partial charge in [0.25, 0.3) is 0 Å². The van der Waals surface area contributed by atoms with Crippen molar-refractivity contribution in [3.8, 4) is 5.69 Å². The van der Waals surface area contributed by atoms with E-state index in [0.717, 1.165) is 9.26 Å². The average Bonchev–Trinajstić information content (AvgIpc) is 2.74. The van der Waals surface area contributed by atoms with Crippen molar-refractivity contribution >= 4 is 45.2 Å². The van der Waals surface area contributed by atoms with Gasteiger partial charge in [-0.1, -0.05) is 11.6 Å². The van der Waals surface area contributed by atoms with Crippen LogP contribution in [0.25, 0.3) is 16.7 Å². The quantitative estimate of drug-likeness (QED) is 0.485. The fourth-order valence-corrected chi connectivity index (χ4v) is 2.53. The average molecular weight is 375 g/mol. The molecule has 3 aromatic rings. The van der Waals surface area contributed by atoms with Crippen LogP contribution in [0.4, 0.5) is 4.39 Å². The van der Waals surface area contributed by atoms with Crippen molar-refractivity contribution in [2.24, 2.45) is 0 Å². The Morgan fingerprint density at radius 2 is 2.11 bits per heavy atom. The Hall–Kier alpha value is -1.28. The zero-order valence-electron chi connectivity index (χ0n) is 8.81. The number of halogens is 3. The minimum Gasteiger partial charge on any atom is -0.224 e. The van der Waals surface area contributed by atoms with E-state index in [9.17, 15) is 4.39 Å². The number of hydrogen-bond acceptors (Lipinski definition) is 3. The van der Waals surface area contributed by atoms with Crippen LogP contribution in [0, 0.1) is 9.39 Å². The maximum Gasteiger partial charge on any atom is 0.167 e. The van der Waals surface area contributed by atoms with E-state index in [2.05, 4.69) is 37.7 Å². The highest BCUT2D eigenvalue weighted by Gasteiger charge is 2.12. The molecule has 18 heavy (non-hydrogen) atoms. The van der Waals surface area contributed by atoms with Crippen LogP contribution < -0.4 is 0 Å². The molecule has 90 valence electrons. The Labute approximate surface area is 120 Å². The van der Waals surface area contributed by atoms with Gasteiger partial charge in [-0.05, 0) is 40.8 Å². The molecule has 0 spiro atoms. The summed E-state index contributed by atoms with van der Waals surface area (Å²) in [6, 6.07) is 4.47. The molecule has 0 N–H and O–H groups in total. The molecular formula is C11H5ClFIN4. The summed E-state index contributed by atoms with van der Waals surface area (Å²) in [5.41, 5.74) is 1.35. The number of nitrogens with zero attached hydrogens (tertiary/aromatic N) is 4. The molecule has 0 aliphatic rings. The number of aromatic nitrogens is 4. The van der Waals surface area contributed by atoms with Crippen LogP contribution in [-0.2, 0) is 0 Å².